The zero-order chi connectivity index (χ0) is 19.1. The van der Waals surface area contributed by atoms with E-state index in [-0.39, 0.29) is 5.82 Å². The Hall–Kier alpha value is -2.59. The molecule has 0 radical (unpaired) electrons. The molecule has 138 valence electrons. The summed E-state index contributed by atoms with van der Waals surface area (Å²) in [5, 5.41) is 1.60. The molecule has 0 bridgehead atoms. The number of hydrogen-bond donors (Lipinski definition) is 0. The molecule has 3 rings (SSSR count). The maximum atomic E-state index is 14.9. The van der Waals surface area contributed by atoms with E-state index < -0.39 is 0 Å². The largest absolute Gasteiger partial charge is 0.205 e. The summed E-state index contributed by atoms with van der Waals surface area (Å²) >= 11 is 0. The molecule has 0 fully saturated rings. The number of halogens is 1. The lowest BCUT2D eigenvalue weighted by atomic mass is 10.0. The molecule has 0 spiro atoms. The van der Waals surface area contributed by atoms with Crippen molar-refractivity contribution >= 4 is 10.8 Å². The SMILES string of the molecule is CCCCc1ccc(C#Cc2ccc3cc(CCCC)ccc3c2F)cc1. The zero-order valence-corrected chi connectivity index (χ0v) is 16.3. The fourth-order valence-corrected chi connectivity index (χ4v) is 3.25. The van der Waals surface area contributed by atoms with Crippen molar-refractivity contribution in [2.45, 2.75) is 52.4 Å². The lowest BCUT2D eigenvalue weighted by Crippen LogP contribution is -1.90. The van der Waals surface area contributed by atoms with Gasteiger partial charge in [-0.2, -0.15) is 0 Å². The highest BCUT2D eigenvalue weighted by atomic mass is 19.1. The van der Waals surface area contributed by atoms with Crippen molar-refractivity contribution in [2.75, 3.05) is 0 Å². The Morgan fingerprint density at radius 2 is 1.41 bits per heavy atom. The van der Waals surface area contributed by atoms with E-state index in [1.165, 1.54) is 30.4 Å². The Morgan fingerprint density at radius 1 is 0.741 bits per heavy atom. The first-order valence-corrected chi connectivity index (χ1v) is 10.0. The van der Waals surface area contributed by atoms with Crippen molar-refractivity contribution in [1.82, 2.24) is 0 Å². The van der Waals surface area contributed by atoms with Crippen molar-refractivity contribution in [1.29, 1.82) is 0 Å². The number of benzene rings is 3. The van der Waals surface area contributed by atoms with Gasteiger partial charge < -0.3 is 0 Å². The average molecular weight is 358 g/mol. The normalized spacial score (nSPS) is 10.6. The molecule has 0 aliphatic carbocycles. The van der Waals surface area contributed by atoms with E-state index in [0.717, 1.165) is 30.2 Å². The predicted octanol–water partition coefficient (Wildman–Crippen LogP) is 7.06. The maximum absolute atomic E-state index is 14.9. The Morgan fingerprint density at radius 3 is 2.11 bits per heavy atom. The third kappa shape index (κ3) is 4.98. The van der Waals surface area contributed by atoms with Crippen molar-refractivity contribution in [3.05, 3.63) is 82.7 Å². The van der Waals surface area contributed by atoms with Crippen LogP contribution in [0.4, 0.5) is 4.39 Å². The fraction of sp³-hybridized carbons (Fsp3) is 0.308. The number of aryl methyl sites for hydroxylation is 2. The van der Waals surface area contributed by atoms with Crippen LogP contribution in [0.15, 0.2) is 54.6 Å². The molecule has 0 atom stereocenters. The second-order valence-corrected chi connectivity index (χ2v) is 7.14. The molecule has 0 saturated carbocycles. The first-order valence-electron chi connectivity index (χ1n) is 10.0. The molecule has 0 nitrogen and oxygen atoms in total. The van der Waals surface area contributed by atoms with E-state index >= 15 is 0 Å². The van der Waals surface area contributed by atoms with Gasteiger partial charge in [0.2, 0.25) is 0 Å². The Kier molecular flexibility index (Phi) is 6.66. The first kappa shape index (κ1) is 19.2. The maximum Gasteiger partial charge on any atom is 0.146 e. The molecule has 0 aromatic heterocycles. The molecule has 0 N–H and O–H groups in total. The number of hydrogen-bond acceptors (Lipinski definition) is 0. The van der Waals surface area contributed by atoms with E-state index in [9.17, 15) is 4.39 Å². The minimum absolute atomic E-state index is 0.221. The molecule has 0 saturated heterocycles. The van der Waals surface area contributed by atoms with Gasteiger partial charge in [-0.15, -0.1) is 0 Å². The summed E-state index contributed by atoms with van der Waals surface area (Å²) in [5.41, 5.74) is 3.98. The van der Waals surface area contributed by atoms with E-state index in [0.29, 0.717) is 10.9 Å². The molecular formula is C26H27F. The van der Waals surface area contributed by atoms with Crippen LogP contribution in [0.5, 0.6) is 0 Å². The van der Waals surface area contributed by atoms with Crippen molar-refractivity contribution in [3.63, 3.8) is 0 Å². The lowest BCUT2D eigenvalue weighted by Gasteiger charge is -2.05. The number of unbranched alkanes of at least 4 members (excludes halogenated alkanes) is 2. The highest BCUT2D eigenvalue weighted by Crippen LogP contribution is 2.23. The molecule has 27 heavy (non-hydrogen) atoms. The van der Waals surface area contributed by atoms with Crippen LogP contribution in [0, 0.1) is 17.7 Å². The summed E-state index contributed by atoms with van der Waals surface area (Å²) in [6.07, 6.45) is 6.87. The minimum atomic E-state index is -0.221. The molecular weight excluding hydrogens is 331 g/mol. The molecule has 0 aliphatic rings. The van der Waals surface area contributed by atoms with Gasteiger partial charge in [0.05, 0.1) is 5.56 Å². The lowest BCUT2D eigenvalue weighted by molar-refractivity contribution is 0.636. The van der Waals surface area contributed by atoms with Crippen LogP contribution in [-0.2, 0) is 12.8 Å². The highest BCUT2D eigenvalue weighted by Gasteiger charge is 2.06. The monoisotopic (exact) mass is 358 g/mol. The molecule has 0 unspecified atom stereocenters. The Bertz CT molecular complexity index is 955. The topological polar surface area (TPSA) is 0 Å². The van der Waals surface area contributed by atoms with Gasteiger partial charge in [-0.1, -0.05) is 74.9 Å². The van der Waals surface area contributed by atoms with Gasteiger partial charge in [0.25, 0.3) is 0 Å². The summed E-state index contributed by atoms with van der Waals surface area (Å²) in [7, 11) is 0. The predicted molar refractivity (Wildman–Crippen MR) is 114 cm³/mol. The highest BCUT2D eigenvalue weighted by molar-refractivity contribution is 5.85. The molecule has 0 amide bonds. The van der Waals surface area contributed by atoms with Gasteiger partial charge in [0.15, 0.2) is 0 Å². The van der Waals surface area contributed by atoms with Crippen LogP contribution in [0.2, 0.25) is 0 Å². The second kappa shape index (κ2) is 9.38. The van der Waals surface area contributed by atoms with Gasteiger partial charge in [-0.05, 0) is 60.4 Å². The van der Waals surface area contributed by atoms with E-state index in [1.807, 2.05) is 30.3 Å². The number of fused-ring (bicyclic) bond motifs is 1. The summed E-state index contributed by atoms with van der Waals surface area (Å²) in [6, 6.07) is 18.1. The third-order valence-electron chi connectivity index (χ3n) is 4.95. The molecule has 3 aromatic carbocycles. The van der Waals surface area contributed by atoms with Crippen LogP contribution < -0.4 is 0 Å². The van der Waals surface area contributed by atoms with E-state index in [4.69, 9.17) is 0 Å². The quantitative estimate of drug-likeness (QED) is 0.414. The van der Waals surface area contributed by atoms with E-state index in [1.54, 1.807) is 6.07 Å². The third-order valence-corrected chi connectivity index (χ3v) is 4.95. The van der Waals surface area contributed by atoms with Crippen LogP contribution in [0.1, 0.15) is 61.8 Å². The fourth-order valence-electron chi connectivity index (χ4n) is 3.25. The summed E-state index contributed by atoms with van der Waals surface area (Å²) in [6.45, 7) is 4.38. The van der Waals surface area contributed by atoms with Gasteiger partial charge in [0, 0.05) is 10.9 Å². The second-order valence-electron chi connectivity index (χ2n) is 7.14. The van der Waals surface area contributed by atoms with Gasteiger partial charge >= 0.3 is 0 Å². The van der Waals surface area contributed by atoms with Crippen LogP contribution in [-0.4, -0.2) is 0 Å². The molecule has 1 heteroatoms. The zero-order valence-electron chi connectivity index (χ0n) is 16.3. The minimum Gasteiger partial charge on any atom is -0.205 e. The van der Waals surface area contributed by atoms with Crippen molar-refractivity contribution in [2.24, 2.45) is 0 Å². The summed E-state index contributed by atoms with van der Waals surface area (Å²) in [4.78, 5) is 0. The molecule has 0 heterocycles. The van der Waals surface area contributed by atoms with Crippen LogP contribution in [0.25, 0.3) is 10.8 Å². The van der Waals surface area contributed by atoms with Crippen molar-refractivity contribution in [3.8, 4) is 11.8 Å². The molecule has 3 aromatic rings. The average Bonchev–Trinajstić information content (AvgIpc) is 2.71. The van der Waals surface area contributed by atoms with Gasteiger partial charge in [-0.25, -0.2) is 4.39 Å². The summed E-state index contributed by atoms with van der Waals surface area (Å²) < 4.78 is 14.9. The van der Waals surface area contributed by atoms with Gasteiger partial charge in [-0.3, -0.25) is 0 Å². The van der Waals surface area contributed by atoms with Crippen LogP contribution >= 0.6 is 0 Å². The number of rotatable bonds is 6. The van der Waals surface area contributed by atoms with Crippen molar-refractivity contribution < 1.29 is 4.39 Å². The van der Waals surface area contributed by atoms with Gasteiger partial charge in [0.1, 0.15) is 5.82 Å². The smallest absolute Gasteiger partial charge is 0.146 e. The first-order chi connectivity index (χ1) is 13.2. The van der Waals surface area contributed by atoms with E-state index in [2.05, 4.69) is 43.9 Å². The van der Waals surface area contributed by atoms with Crippen LogP contribution in [0.3, 0.4) is 0 Å². The Labute approximate surface area is 162 Å². The summed E-state index contributed by atoms with van der Waals surface area (Å²) in [5.74, 6) is 5.89. The Balaban J connectivity index is 1.81. The molecule has 0 aliphatic heterocycles. The standard InChI is InChI=1S/C26H27F/c1-3-5-7-20-9-11-21(12-10-20)13-15-23-16-17-24-19-22(8-6-4-2)14-18-25(24)26(23)27/h9-12,14,16-19H,3-8H2,1-2H3.